The van der Waals surface area contributed by atoms with Crippen molar-refractivity contribution in [3.05, 3.63) is 84.7 Å². The Bertz CT molecular complexity index is 1490. The van der Waals surface area contributed by atoms with E-state index >= 15 is 0 Å². The molecule has 0 saturated heterocycles. The lowest BCUT2D eigenvalue weighted by molar-refractivity contribution is 0.664. The molecule has 3 aromatic carbocycles. The number of benzene rings is 3. The van der Waals surface area contributed by atoms with Crippen molar-refractivity contribution in [2.45, 2.75) is 6.92 Å². The SMILES string of the molecule is Cc1ccc2c(c1)c1ccccc1n2-c1cccc2c1oc1cnccc12. The van der Waals surface area contributed by atoms with Crippen LogP contribution in [0.1, 0.15) is 5.56 Å². The van der Waals surface area contributed by atoms with Crippen LogP contribution in [0.3, 0.4) is 0 Å². The minimum absolute atomic E-state index is 0.816. The summed E-state index contributed by atoms with van der Waals surface area (Å²) in [5, 5.41) is 4.73. The van der Waals surface area contributed by atoms with Crippen molar-refractivity contribution in [1.29, 1.82) is 0 Å². The van der Waals surface area contributed by atoms with Crippen LogP contribution in [-0.4, -0.2) is 9.55 Å². The van der Waals surface area contributed by atoms with Crippen LogP contribution >= 0.6 is 0 Å². The van der Waals surface area contributed by atoms with E-state index in [1.807, 2.05) is 12.3 Å². The molecule has 0 N–H and O–H groups in total. The summed E-state index contributed by atoms with van der Waals surface area (Å²) in [6, 6.07) is 23.5. The molecule has 6 aromatic rings. The van der Waals surface area contributed by atoms with Crippen molar-refractivity contribution < 1.29 is 4.42 Å². The lowest BCUT2D eigenvalue weighted by Gasteiger charge is -2.08. The standard InChI is InChI=1S/C24H16N2O/c1-15-9-10-21-19(13-15)16-5-2-3-7-20(16)26(21)22-8-4-6-18-17-11-12-25-14-23(17)27-24(18)22/h2-14H,1H3. The normalized spacial score (nSPS) is 11.9. The first-order valence-corrected chi connectivity index (χ1v) is 9.07. The molecular formula is C24H16N2O. The van der Waals surface area contributed by atoms with Gasteiger partial charge in [0, 0.05) is 27.7 Å². The highest BCUT2D eigenvalue weighted by Crippen LogP contribution is 2.37. The van der Waals surface area contributed by atoms with Gasteiger partial charge in [-0.2, -0.15) is 0 Å². The van der Waals surface area contributed by atoms with E-state index in [1.165, 1.54) is 27.4 Å². The lowest BCUT2D eigenvalue weighted by Crippen LogP contribution is -1.94. The number of hydrogen-bond donors (Lipinski definition) is 0. The molecule has 0 atom stereocenters. The Hall–Kier alpha value is -3.59. The Balaban J connectivity index is 1.83. The van der Waals surface area contributed by atoms with E-state index in [-0.39, 0.29) is 0 Å². The fourth-order valence-electron chi connectivity index (χ4n) is 4.16. The van der Waals surface area contributed by atoms with Gasteiger partial charge >= 0.3 is 0 Å². The van der Waals surface area contributed by atoms with Crippen LogP contribution in [0, 0.1) is 6.92 Å². The molecule has 0 unspecified atom stereocenters. The van der Waals surface area contributed by atoms with Crippen molar-refractivity contribution in [3.8, 4) is 5.69 Å². The van der Waals surface area contributed by atoms with E-state index in [4.69, 9.17) is 4.42 Å². The predicted molar refractivity (Wildman–Crippen MR) is 111 cm³/mol. The zero-order valence-corrected chi connectivity index (χ0v) is 14.8. The van der Waals surface area contributed by atoms with Crippen LogP contribution in [0.5, 0.6) is 0 Å². The number of nitrogens with zero attached hydrogens (tertiary/aromatic N) is 2. The van der Waals surface area contributed by atoms with Crippen molar-refractivity contribution >= 4 is 43.7 Å². The van der Waals surface area contributed by atoms with Crippen LogP contribution in [0.15, 0.2) is 83.5 Å². The number of furan rings is 1. The maximum Gasteiger partial charge on any atom is 0.159 e. The topological polar surface area (TPSA) is 31.0 Å². The third-order valence-electron chi connectivity index (χ3n) is 5.35. The smallest absolute Gasteiger partial charge is 0.159 e. The highest BCUT2D eigenvalue weighted by atomic mass is 16.3. The van der Waals surface area contributed by atoms with Gasteiger partial charge in [-0.1, -0.05) is 42.0 Å². The van der Waals surface area contributed by atoms with Gasteiger partial charge < -0.3 is 8.98 Å². The molecule has 0 aliphatic rings. The quantitative estimate of drug-likeness (QED) is 0.345. The van der Waals surface area contributed by atoms with Crippen molar-refractivity contribution in [3.63, 3.8) is 0 Å². The molecule has 0 fully saturated rings. The van der Waals surface area contributed by atoms with Gasteiger partial charge in [0.15, 0.2) is 11.2 Å². The molecule has 128 valence electrons. The molecule has 3 aromatic heterocycles. The fourth-order valence-corrected chi connectivity index (χ4v) is 4.16. The van der Waals surface area contributed by atoms with E-state index < -0.39 is 0 Å². The molecule has 0 amide bonds. The number of hydrogen-bond acceptors (Lipinski definition) is 2. The van der Waals surface area contributed by atoms with Gasteiger partial charge in [-0.05, 0) is 37.3 Å². The Labute approximate surface area is 155 Å². The number of aryl methyl sites for hydroxylation is 1. The van der Waals surface area contributed by atoms with Gasteiger partial charge in [-0.3, -0.25) is 4.98 Å². The molecule has 0 spiro atoms. The highest BCUT2D eigenvalue weighted by Gasteiger charge is 2.17. The molecule has 3 nitrogen and oxygen atoms in total. The van der Waals surface area contributed by atoms with E-state index in [1.54, 1.807) is 6.20 Å². The Morgan fingerprint density at radius 2 is 1.63 bits per heavy atom. The molecule has 3 heterocycles. The molecule has 6 rings (SSSR count). The summed E-state index contributed by atoms with van der Waals surface area (Å²) in [6.45, 7) is 2.14. The number of fused-ring (bicyclic) bond motifs is 6. The van der Waals surface area contributed by atoms with Gasteiger partial charge in [0.1, 0.15) is 0 Å². The number of para-hydroxylation sites is 2. The van der Waals surface area contributed by atoms with Crippen LogP contribution in [0.4, 0.5) is 0 Å². The maximum atomic E-state index is 6.25. The van der Waals surface area contributed by atoms with E-state index in [0.29, 0.717) is 0 Å². The monoisotopic (exact) mass is 348 g/mol. The first-order chi connectivity index (χ1) is 13.3. The second-order valence-corrected chi connectivity index (χ2v) is 7.00. The zero-order valence-electron chi connectivity index (χ0n) is 14.8. The van der Waals surface area contributed by atoms with E-state index in [0.717, 1.165) is 27.6 Å². The molecule has 3 heteroatoms. The minimum Gasteiger partial charge on any atom is -0.452 e. The number of pyridine rings is 1. The molecule has 0 bridgehead atoms. The van der Waals surface area contributed by atoms with Crippen LogP contribution < -0.4 is 0 Å². The average molecular weight is 348 g/mol. The molecule has 0 saturated carbocycles. The van der Waals surface area contributed by atoms with Crippen LogP contribution in [-0.2, 0) is 0 Å². The Morgan fingerprint density at radius 1 is 0.778 bits per heavy atom. The molecule has 0 radical (unpaired) electrons. The summed E-state index contributed by atoms with van der Waals surface area (Å²) in [5.41, 5.74) is 6.40. The van der Waals surface area contributed by atoms with Crippen LogP contribution in [0.25, 0.3) is 49.4 Å². The zero-order chi connectivity index (χ0) is 18.0. The van der Waals surface area contributed by atoms with Crippen molar-refractivity contribution in [2.75, 3.05) is 0 Å². The Kier molecular flexibility index (Phi) is 2.81. The molecular weight excluding hydrogens is 332 g/mol. The highest BCUT2D eigenvalue weighted by molar-refractivity contribution is 6.12. The first kappa shape index (κ1) is 14.6. The third-order valence-corrected chi connectivity index (χ3v) is 5.35. The average Bonchev–Trinajstić information content (AvgIpc) is 3.24. The van der Waals surface area contributed by atoms with Crippen LogP contribution in [0.2, 0.25) is 0 Å². The molecule has 0 aliphatic heterocycles. The lowest BCUT2D eigenvalue weighted by atomic mass is 10.1. The predicted octanol–water partition coefficient (Wildman–Crippen LogP) is 6.39. The van der Waals surface area contributed by atoms with Crippen molar-refractivity contribution in [1.82, 2.24) is 9.55 Å². The molecule has 27 heavy (non-hydrogen) atoms. The summed E-state index contributed by atoms with van der Waals surface area (Å²) in [7, 11) is 0. The van der Waals surface area contributed by atoms with E-state index in [2.05, 4.69) is 77.1 Å². The second kappa shape index (κ2) is 5.21. The summed E-state index contributed by atoms with van der Waals surface area (Å²) >= 11 is 0. The molecule has 0 aliphatic carbocycles. The largest absolute Gasteiger partial charge is 0.452 e. The summed E-state index contributed by atoms with van der Waals surface area (Å²) in [4.78, 5) is 4.21. The number of rotatable bonds is 1. The third kappa shape index (κ3) is 1.94. The van der Waals surface area contributed by atoms with Crippen molar-refractivity contribution in [2.24, 2.45) is 0 Å². The Morgan fingerprint density at radius 3 is 2.59 bits per heavy atom. The number of aromatic nitrogens is 2. The second-order valence-electron chi connectivity index (χ2n) is 7.00. The summed E-state index contributed by atoms with van der Waals surface area (Å²) < 4.78 is 8.55. The van der Waals surface area contributed by atoms with Gasteiger partial charge in [0.25, 0.3) is 0 Å². The van der Waals surface area contributed by atoms with Gasteiger partial charge in [0.2, 0.25) is 0 Å². The van der Waals surface area contributed by atoms with E-state index in [9.17, 15) is 0 Å². The van der Waals surface area contributed by atoms with Gasteiger partial charge in [-0.25, -0.2) is 0 Å². The van der Waals surface area contributed by atoms with Gasteiger partial charge in [0.05, 0.1) is 22.9 Å². The fraction of sp³-hybridized carbons (Fsp3) is 0.0417. The first-order valence-electron chi connectivity index (χ1n) is 9.07. The summed E-state index contributed by atoms with van der Waals surface area (Å²) in [5.74, 6) is 0. The summed E-state index contributed by atoms with van der Waals surface area (Å²) in [6.07, 6.45) is 3.60. The van der Waals surface area contributed by atoms with Gasteiger partial charge in [-0.15, -0.1) is 0 Å². The maximum absolute atomic E-state index is 6.25. The minimum atomic E-state index is 0.816.